The predicted molar refractivity (Wildman–Crippen MR) is 86.0 cm³/mol. The number of rotatable bonds is 0. The second-order valence-corrected chi connectivity index (χ2v) is 4.14. The van der Waals surface area contributed by atoms with E-state index in [0.717, 1.165) is 22.1 Å². The molecule has 0 radical (unpaired) electrons. The summed E-state index contributed by atoms with van der Waals surface area (Å²) in [6.45, 7) is 0. The molecule has 0 amide bonds. The fourth-order valence-corrected chi connectivity index (χ4v) is 1.64. The SMILES string of the molecule is O=[N+]([O-])[O-].O=[N+]([O-])[O-].c1nc2cc[nH+]cc2[nH]1.c1nc2cc[nH+]cc2[nH]1. The smallest absolute Gasteiger partial charge is 0.193 e. The highest BCUT2D eigenvalue weighted by Crippen LogP contribution is 2.01. The van der Waals surface area contributed by atoms with Gasteiger partial charge in [-0.15, -0.1) is 0 Å². The van der Waals surface area contributed by atoms with Crippen LogP contribution in [0.4, 0.5) is 0 Å². The van der Waals surface area contributed by atoms with Gasteiger partial charge in [0.15, 0.2) is 24.8 Å². The molecule has 26 heavy (non-hydrogen) atoms. The minimum absolute atomic E-state index is 0.994. The van der Waals surface area contributed by atoms with E-state index in [4.69, 9.17) is 30.6 Å². The summed E-state index contributed by atoms with van der Waals surface area (Å²) >= 11 is 0. The van der Waals surface area contributed by atoms with E-state index < -0.39 is 10.2 Å². The highest BCUT2D eigenvalue weighted by Gasteiger charge is 1.94. The number of pyridine rings is 2. The van der Waals surface area contributed by atoms with Gasteiger partial charge in [-0.1, -0.05) is 0 Å². The van der Waals surface area contributed by atoms with Gasteiger partial charge in [-0.2, -0.15) is 0 Å². The molecule has 4 aromatic heterocycles. The number of fused-ring (bicyclic) bond motifs is 2. The molecule has 0 aliphatic rings. The van der Waals surface area contributed by atoms with Gasteiger partial charge in [-0.05, 0) is 0 Å². The molecule has 0 spiro atoms. The van der Waals surface area contributed by atoms with Gasteiger partial charge >= 0.3 is 0 Å². The number of aromatic nitrogens is 6. The van der Waals surface area contributed by atoms with Crippen molar-refractivity contribution in [3.8, 4) is 0 Å². The number of H-pyrrole nitrogens is 4. The Morgan fingerprint density at radius 2 is 1.12 bits per heavy atom. The van der Waals surface area contributed by atoms with Crippen LogP contribution in [0, 0.1) is 30.6 Å². The molecule has 0 aromatic carbocycles. The van der Waals surface area contributed by atoms with Gasteiger partial charge in [0, 0.05) is 12.1 Å². The van der Waals surface area contributed by atoms with E-state index in [0.29, 0.717) is 0 Å². The Kier molecular flexibility index (Phi) is 7.89. The maximum Gasteiger partial charge on any atom is 0.193 e. The number of hydrogen-bond acceptors (Lipinski definition) is 8. The normalized spacial score (nSPS) is 8.92. The zero-order chi connectivity index (χ0) is 19.4. The van der Waals surface area contributed by atoms with E-state index in [1.165, 1.54) is 0 Å². The quantitative estimate of drug-likeness (QED) is 0.325. The largest absolute Gasteiger partial charge is 0.356 e. The van der Waals surface area contributed by atoms with E-state index in [9.17, 15) is 0 Å². The Bertz CT molecular complexity index is 808. The monoisotopic (exact) mass is 364 g/mol. The molecule has 4 aromatic rings. The van der Waals surface area contributed by atoms with Crippen molar-refractivity contribution in [1.82, 2.24) is 19.9 Å². The molecule has 0 aliphatic carbocycles. The maximum atomic E-state index is 8.25. The molecule has 4 heterocycles. The van der Waals surface area contributed by atoms with Gasteiger partial charge in [0.2, 0.25) is 0 Å². The molecule has 0 unspecified atom stereocenters. The first-order valence-electron chi connectivity index (χ1n) is 6.61. The summed E-state index contributed by atoms with van der Waals surface area (Å²) in [7, 11) is 0. The van der Waals surface area contributed by atoms with Crippen molar-refractivity contribution in [3.05, 3.63) is 80.2 Å². The van der Waals surface area contributed by atoms with Crippen LogP contribution in [-0.4, -0.2) is 30.1 Å². The molecular weight excluding hydrogens is 352 g/mol. The Morgan fingerprint density at radius 3 is 1.42 bits per heavy atom. The molecule has 0 saturated heterocycles. The van der Waals surface area contributed by atoms with E-state index in [2.05, 4.69) is 29.9 Å². The van der Waals surface area contributed by atoms with Crippen molar-refractivity contribution < 1.29 is 20.1 Å². The van der Waals surface area contributed by atoms with E-state index in [1.54, 1.807) is 12.7 Å². The third-order valence-electron chi connectivity index (χ3n) is 2.53. The molecule has 0 fully saturated rings. The van der Waals surface area contributed by atoms with Crippen molar-refractivity contribution in [1.29, 1.82) is 0 Å². The van der Waals surface area contributed by atoms with Crippen molar-refractivity contribution in [2.75, 3.05) is 0 Å². The third kappa shape index (κ3) is 7.77. The summed E-state index contributed by atoms with van der Waals surface area (Å²) < 4.78 is 0. The lowest BCUT2D eigenvalue weighted by molar-refractivity contribution is -0.403. The van der Waals surface area contributed by atoms with Crippen molar-refractivity contribution >= 4 is 22.1 Å². The molecular formula is C12H12N8O6. The lowest BCUT2D eigenvalue weighted by Gasteiger charge is -1.75. The van der Waals surface area contributed by atoms with Crippen LogP contribution in [0.5, 0.6) is 0 Å². The minimum Gasteiger partial charge on any atom is -0.356 e. The van der Waals surface area contributed by atoms with Crippen LogP contribution in [0.3, 0.4) is 0 Å². The molecule has 14 nitrogen and oxygen atoms in total. The van der Waals surface area contributed by atoms with Crippen LogP contribution in [-0.2, 0) is 0 Å². The Morgan fingerprint density at radius 1 is 0.769 bits per heavy atom. The van der Waals surface area contributed by atoms with Gasteiger partial charge in [0.25, 0.3) is 0 Å². The molecule has 0 saturated carbocycles. The van der Waals surface area contributed by atoms with Gasteiger partial charge in [0.1, 0.15) is 22.1 Å². The lowest BCUT2D eigenvalue weighted by atomic mass is 10.4. The van der Waals surface area contributed by atoms with Crippen molar-refractivity contribution in [2.45, 2.75) is 0 Å². The minimum atomic E-state index is -1.75. The summed E-state index contributed by atoms with van der Waals surface area (Å²) in [4.78, 5) is 36.4. The van der Waals surface area contributed by atoms with Crippen molar-refractivity contribution in [3.63, 3.8) is 0 Å². The van der Waals surface area contributed by atoms with Crippen LogP contribution in [0.2, 0.25) is 0 Å². The van der Waals surface area contributed by atoms with Gasteiger partial charge in [0.05, 0.1) is 22.8 Å². The molecule has 0 atom stereocenters. The zero-order valence-electron chi connectivity index (χ0n) is 12.9. The van der Waals surface area contributed by atoms with Crippen molar-refractivity contribution in [2.24, 2.45) is 0 Å². The number of aromatic amines is 4. The van der Waals surface area contributed by atoms with Crippen LogP contribution >= 0.6 is 0 Å². The molecule has 14 heteroatoms. The fourth-order valence-electron chi connectivity index (χ4n) is 1.64. The van der Waals surface area contributed by atoms with Crippen LogP contribution < -0.4 is 9.97 Å². The van der Waals surface area contributed by atoms with Gasteiger partial charge in [-0.25, -0.2) is 19.9 Å². The number of hydrogen-bond donors (Lipinski definition) is 2. The molecule has 0 aliphatic heterocycles. The summed E-state index contributed by atoms with van der Waals surface area (Å²) in [5.74, 6) is 0. The highest BCUT2D eigenvalue weighted by atomic mass is 16.9. The highest BCUT2D eigenvalue weighted by molar-refractivity contribution is 5.72. The van der Waals surface area contributed by atoms with Crippen LogP contribution in [0.1, 0.15) is 0 Å². The number of nitrogens with one attached hydrogen (secondary N) is 4. The maximum absolute atomic E-state index is 8.25. The average Bonchev–Trinajstić information content (AvgIpc) is 3.23. The summed E-state index contributed by atoms with van der Waals surface area (Å²) in [6.07, 6.45) is 10.8. The summed E-state index contributed by atoms with van der Waals surface area (Å²) in [6, 6.07) is 3.84. The second kappa shape index (κ2) is 10.4. The third-order valence-corrected chi connectivity index (χ3v) is 2.53. The van der Waals surface area contributed by atoms with Crippen LogP contribution in [0.15, 0.2) is 49.6 Å². The topological polar surface area (TPSA) is 218 Å². The average molecular weight is 364 g/mol. The first-order chi connectivity index (χ1) is 12.4. The van der Waals surface area contributed by atoms with E-state index in [1.807, 2.05) is 36.9 Å². The Balaban J connectivity index is 0.000000188. The van der Waals surface area contributed by atoms with Gasteiger partial charge < -0.3 is 40.6 Å². The van der Waals surface area contributed by atoms with E-state index in [-0.39, 0.29) is 0 Å². The van der Waals surface area contributed by atoms with Crippen LogP contribution in [0.25, 0.3) is 22.1 Å². The number of nitrogens with zero attached hydrogens (tertiary/aromatic N) is 4. The molecule has 4 N–H and O–H groups in total. The predicted octanol–water partition coefficient (Wildman–Crippen LogP) is 0.276. The molecule has 136 valence electrons. The van der Waals surface area contributed by atoms with E-state index >= 15 is 0 Å². The standard InChI is InChI=1S/2C6H5N3.2NO3/c2*1-2-7-3-6-5(1)8-4-9-6;2*2-1(3)4/h2*1-4H,(H,8,9);;/q;;2*-1/p+2. The van der Waals surface area contributed by atoms with Gasteiger partial charge in [-0.3, -0.25) is 0 Å². The zero-order valence-corrected chi connectivity index (χ0v) is 12.9. The second-order valence-electron chi connectivity index (χ2n) is 4.14. The summed E-state index contributed by atoms with van der Waals surface area (Å²) in [5, 5.41) is 29.5. The summed E-state index contributed by atoms with van der Waals surface area (Å²) in [5.41, 5.74) is 4.07. The molecule has 4 rings (SSSR count). The Hall–Kier alpha value is -4.36. The number of imidazole rings is 2. The lowest BCUT2D eigenvalue weighted by Crippen LogP contribution is -1.96. The fraction of sp³-hybridized carbons (Fsp3) is 0. The first-order valence-corrected chi connectivity index (χ1v) is 6.61. The Labute approximate surface area is 143 Å². The first kappa shape index (κ1) is 19.7. The molecule has 0 bridgehead atoms.